The van der Waals surface area contributed by atoms with E-state index in [2.05, 4.69) is 58.3 Å². The van der Waals surface area contributed by atoms with E-state index in [4.69, 9.17) is 0 Å². The van der Waals surface area contributed by atoms with Gasteiger partial charge in [-0.2, -0.15) is 0 Å². The molecule has 100 valence electrons. The fraction of sp³-hybridized carbons (Fsp3) is 0.0588. The molecule has 0 aliphatic heterocycles. The molecular formula is C17H15ClN2. The van der Waals surface area contributed by atoms with Gasteiger partial charge in [-0.15, -0.1) is 0 Å². The van der Waals surface area contributed by atoms with Crippen molar-refractivity contribution in [3.63, 3.8) is 0 Å². The fourth-order valence-electron chi connectivity index (χ4n) is 2.06. The van der Waals surface area contributed by atoms with Gasteiger partial charge in [-0.3, -0.25) is 4.98 Å². The van der Waals surface area contributed by atoms with Crippen molar-refractivity contribution >= 4 is 0 Å². The van der Waals surface area contributed by atoms with E-state index in [-0.39, 0.29) is 12.4 Å². The quantitative estimate of drug-likeness (QED) is 0.622. The second kappa shape index (κ2) is 6.83. The molecule has 0 atom stereocenters. The van der Waals surface area contributed by atoms with E-state index in [1.807, 2.05) is 30.5 Å². The lowest BCUT2D eigenvalue weighted by Gasteiger charge is -2.00. The maximum Gasteiger partial charge on any atom is 0.173 e. The summed E-state index contributed by atoms with van der Waals surface area (Å²) in [6, 6.07) is 20.6. The Morgan fingerprint density at radius 3 is 2.15 bits per heavy atom. The Balaban J connectivity index is 0.00000147. The summed E-state index contributed by atoms with van der Waals surface area (Å²) in [5, 5.41) is 0. The highest BCUT2D eigenvalue weighted by Crippen LogP contribution is 2.13. The molecule has 0 bridgehead atoms. The van der Waals surface area contributed by atoms with Crippen molar-refractivity contribution in [3.8, 4) is 11.3 Å². The van der Waals surface area contributed by atoms with Gasteiger partial charge in [-0.1, -0.05) is 36.4 Å². The van der Waals surface area contributed by atoms with E-state index in [0.29, 0.717) is 0 Å². The Morgan fingerprint density at radius 1 is 0.800 bits per heavy atom. The van der Waals surface area contributed by atoms with Crippen molar-refractivity contribution in [2.45, 2.75) is 6.54 Å². The van der Waals surface area contributed by atoms with E-state index in [0.717, 1.165) is 17.8 Å². The van der Waals surface area contributed by atoms with Gasteiger partial charge in [0.05, 0.1) is 5.69 Å². The van der Waals surface area contributed by atoms with Gasteiger partial charge < -0.3 is 12.4 Å². The predicted molar refractivity (Wildman–Crippen MR) is 75.4 cm³/mol. The van der Waals surface area contributed by atoms with Crippen LogP contribution in [0.25, 0.3) is 11.3 Å². The first-order valence-corrected chi connectivity index (χ1v) is 6.36. The van der Waals surface area contributed by atoms with Crippen molar-refractivity contribution in [3.05, 3.63) is 84.8 Å². The summed E-state index contributed by atoms with van der Waals surface area (Å²) in [7, 11) is 0. The predicted octanol–water partition coefficient (Wildman–Crippen LogP) is 0.0884. The molecule has 2 heterocycles. The highest BCUT2D eigenvalue weighted by Gasteiger charge is 2.04. The zero-order valence-corrected chi connectivity index (χ0v) is 11.7. The maximum absolute atomic E-state index is 4.35. The normalized spacial score (nSPS) is 9.80. The van der Waals surface area contributed by atoms with Crippen molar-refractivity contribution in [2.75, 3.05) is 0 Å². The maximum atomic E-state index is 4.35. The van der Waals surface area contributed by atoms with Gasteiger partial charge in [0.2, 0.25) is 0 Å². The van der Waals surface area contributed by atoms with Crippen molar-refractivity contribution in [1.29, 1.82) is 0 Å². The van der Waals surface area contributed by atoms with Crippen molar-refractivity contribution < 1.29 is 17.0 Å². The number of hydrogen-bond donors (Lipinski definition) is 0. The van der Waals surface area contributed by atoms with Gasteiger partial charge in [-0.25, -0.2) is 4.57 Å². The summed E-state index contributed by atoms with van der Waals surface area (Å²) in [5.41, 5.74) is 3.46. The van der Waals surface area contributed by atoms with Crippen LogP contribution in [0.15, 0.2) is 79.3 Å². The number of aromatic nitrogens is 2. The largest absolute Gasteiger partial charge is 1.00 e. The zero-order chi connectivity index (χ0) is 12.9. The van der Waals surface area contributed by atoms with Gasteiger partial charge in [-0.05, 0) is 12.1 Å². The Labute approximate surface area is 125 Å². The molecule has 0 amide bonds. The Morgan fingerprint density at radius 2 is 1.50 bits per heavy atom. The molecule has 1 aromatic carbocycles. The molecule has 20 heavy (non-hydrogen) atoms. The smallest absolute Gasteiger partial charge is 0.173 e. The van der Waals surface area contributed by atoms with Crippen LogP contribution < -0.4 is 17.0 Å². The molecular weight excluding hydrogens is 268 g/mol. The number of halogens is 1. The van der Waals surface area contributed by atoms with Crippen molar-refractivity contribution in [2.24, 2.45) is 0 Å². The highest BCUT2D eigenvalue weighted by atomic mass is 35.5. The van der Waals surface area contributed by atoms with E-state index < -0.39 is 0 Å². The number of pyridine rings is 2. The molecule has 0 radical (unpaired) electrons. The molecule has 3 heteroatoms. The minimum Gasteiger partial charge on any atom is -1.00 e. The molecule has 0 N–H and O–H groups in total. The summed E-state index contributed by atoms with van der Waals surface area (Å²) in [6.07, 6.45) is 6.01. The molecule has 2 nitrogen and oxygen atoms in total. The van der Waals surface area contributed by atoms with E-state index in [1.165, 1.54) is 5.56 Å². The van der Waals surface area contributed by atoms with Gasteiger partial charge in [0.15, 0.2) is 18.9 Å². The van der Waals surface area contributed by atoms with Gasteiger partial charge in [0.25, 0.3) is 0 Å². The minimum atomic E-state index is 0. The van der Waals surface area contributed by atoms with E-state index in [9.17, 15) is 0 Å². The average Bonchev–Trinajstić information content (AvgIpc) is 2.50. The molecule has 0 aliphatic rings. The third kappa shape index (κ3) is 3.43. The van der Waals surface area contributed by atoms with Crippen LogP contribution >= 0.6 is 0 Å². The Kier molecular flexibility index (Phi) is 4.85. The zero-order valence-electron chi connectivity index (χ0n) is 11.0. The molecule has 2 aromatic heterocycles. The minimum absolute atomic E-state index is 0. The van der Waals surface area contributed by atoms with E-state index >= 15 is 0 Å². The lowest BCUT2D eigenvalue weighted by Crippen LogP contribution is -3.00. The van der Waals surface area contributed by atoms with Crippen LogP contribution in [-0.4, -0.2) is 4.98 Å². The second-order valence-corrected chi connectivity index (χ2v) is 4.46. The topological polar surface area (TPSA) is 16.8 Å². The monoisotopic (exact) mass is 282 g/mol. The first kappa shape index (κ1) is 14.2. The summed E-state index contributed by atoms with van der Waals surface area (Å²) in [5.74, 6) is 0. The average molecular weight is 283 g/mol. The third-order valence-electron chi connectivity index (χ3n) is 3.06. The summed E-state index contributed by atoms with van der Waals surface area (Å²) in [4.78, 5) is 4.35. The van der Waals surface area contributed by atoms with Crippen LogP contribution in [-0.2, 0) is 6.54 Å². The molecule has 0 spiro atoms. The second-order valence-electron chi connectivity index (χ2n) is 4.46. The van der Waals surface area contributed by atoms with Crippen molar-refractivity contribution in [1.82, 2.24) is 4.98 Å². The van der Waals surface area contributed by atoms with Crippen LogP contribution in [0.2, 0.25) is 0 Å². The van der Waals surface area contributed by atoms with Gasteiger partial charge in [0.1, 0.15) is 0 Å². The lowest BCUT2D eigenvalue weighted by molar-refractivity contribution is -0.688. The molecule has 3 aromatic rings. The Hall–Kier alpha value is -2.19. The number of benzene rings is 1. The number of rotatable bonds is 3. The van der Waals surface area contributed by atoms with Crippen LogP contribution in [0.3, 0.4) is 0 Å². The first-order chi connectivity index (χ1) is 9.42. The lowest BCUT2D eigenvalue weighted by atomic mass is 10.2. The van der Waals surface area contributed by atoms with Crippen LogP contribution in [0.5, 0.6) is 0 Å². The SMILES string of the molecule is [Cl-].c1ccc(C[n+]2ccc(-c3ccccn3)cc2)cc1. The summed E-state index contributed by atoms with van der Waals surface area (Å²) in [6.45, 7) is 0.892. The van der Waals surface area contributed by atoms with Crippen LogP contribution in [0.1, 0.15) is 5.56 Å². The molecule has 0 unspecified atom stereocenters. The van der Waals surface area contributed by atoms with E-state index in [1.54, 1.807) is 0 Å². The standard InChI is InChI=1S/C17H15N2.ClH/c1-2-6-15(7-3-1)14-19-12-9-16(10-13-19)17-8-4-5-11-18-17;/h1-13H,14H2;1H/q+1;/p-1. The summed E-state index contributed by atoms with van der Waals surface area (Å²) >= 11 is 0. The molecule has 0 aliphatic carbocycles. The van der Waals surface area contributed by atoms with Gasteiger partial charge in [0, 0.05) is 29.5 Å². The van der Waals surface area contributed by atoms with Gasteiger partial charge >= 0.3 is 0 Å². The fourth-order valence-corrected chi connectivity index (χ4v) is 2.06. The van der Waals surface area contributed by atoms with Crippen LogP contribution in [0, 0.1) is 0 Å². The van der Waals surface area contributed by atoms with Crippen LogP contribution in [0.4, 0.5) is 0 Å². The Bertz CT molecular complexity index is 637. The molecule has 3 rings (SSSR count). The number of nitrogens with zero attached hydrogens (tertiary/aromatic N) is 2. The first-order valence-electron chi connectivity index (χ1n) is 6.36. The third-order valence-corrected chi connectivity index (χ3v) is 3.06. The highest BCUT2D eigenvalue weighted by molar-refractivity contribution is 5.57. The molecule has 0 saturated carbocycles. The number of hydrogen-bond acceptors (Lipinski definition) is 1. The summed E-state index contributed by atoms with van der Waals surface area (Å²) < 4.78 is 2.17. The molecule has 0 saturated heterocycles. The molecule has 0 fully saturated rings.